The number of likely N-dealkylation sites (tertiary alicyclic amines) is 2. The minimum atomic E-state index is -2.90. The molecule has 2 aromatic rings. The molecule has 0 spiro atoms. The zero-order valence-electron chi connectivity index (χ0n) is 24.6. The average molecular weight is 572 g/mol. The lowest BCUT2D eigenvalue weighted by atomic mass is 9.82. The summed E-state index contributed by atoms with van der Waals surface area (Å²) in [6.07, 6.45) is 2.28. The van der Waals surface area contributed by atoms with Gasteiger partial charge in [-0.25, -0.2) is 18.4 Å². The maximum atomic E-state index is 14.0. The van der Waals surface area contributed by atoms with E-state index in [2.05, 4.69) is 5.32 Å². The van der Waals surface area contributed by atoms with Gasteiger partial charge in [-0.2, -0.15) is 0 Å². The molecule has 0 saturated carbocycles. The van der Waals surface area contributed by atoms with Crippen molar-refractivity contribution in [2.45, 2.75) is 77.0 Å². The Morgan fingerprint density at radius 3 is 2.37 bits per heavy atom. The van der Waals surface area contributed by atoms with Crippen molar-refractivity contribution in [3.8, 4) is 0 Å². The third-order valence-corrected chi connectivity index (χ3v) is 7.74. The molecule has 41 heavy (non-hydrogen) atoms. The third kappa shape index (κ3) is 8.89. The highest BCUT2D eigenvalue weighted by Crippen LogP contribution is 2.31. The quantitative estimate of drug-likeness (QED) is 0.379. The number of carbonyl (C=O) groups is 2. The van der Waals surface area contributed by atoms with Gasteiger partial charge in [0.05, 0.1) is 0 Å². The van der Waals surface area contributed by atoms with E-state index in [1.807, 2.05) is 57.2 Å². The molecular formula is C32H43F2N3O4. The fourth-order valence-corrected chi connectivity index (χ4v) is 5.45. The van der Waals surface area contributed by atoms with Crippen molar-refractivity contribution in [3.05, 3.63) is 71.3 Å². The van der Waals surface area contributed by atoms with Gasteiger partial charge in [-0.05, 0) is 63.6 Å². The molecule has 7 nitrogen and oxygen atoms in total. The molecule has 224 valence electrons. The Morgan fingerprint density at radius 2 is 1.68 bits per heavy atom. The first-order chi connectivity index (χ1) is 19.3. The summed E-state index contributed by atoms with van der Waals surface area (Å²) in [6.45, 7) is 9.67. The highest BCUT2D eigenvalue weighted by molar-refractivity contribution is 5.69. The van der Waals surface area contributed by atoms with E-state index < -0.39 is 17.1 Å². The van der Waals surface area contributed by atoms with Crippen molar-refractivity contribution in [2.75, 3.05) is 32.7 Å². The second-order valence-corrected chi connectivity index (χ2v) is 12.6. The van der Waals surface area contributed by atoms with E-state index >= 15 is 0 Å². The van der Waals surface area contributed by atoms with Gasteiger partial charge in [0, 0.05) is 56.7 Å². The smallest absolute Gasteiger partial charge is 0.410 e. The van der Waals surface area contributed by atoms with Crippen LogP contribution in [0.15, 0.2) is 54.6 Å². The van der Waals surface area contributed by atoms with E-state index in [0.29, 0.717) is 45.6 Å². The van der Waals surface area contributed by atoms with Gasteiger partial charge in [0.25, 0.3) is 5.92 Å². The molecule has 1 unspecified atom stereocenters. The van der Waals surface area contributed by atoms with E-state index in [9.17, 15) is 18.4 Å². The summed E-state index contributed by atoms with van der Waals surface area (Å²) in [6, 6.07) is 16.2. The Kier molecular flexibility index (Phi) is 9.57. The fraction of sp³-hybridized carbons (Fsp3) is 0.562. The Hall–Kier alpha value is -3.20. The summed E-state index contributed by atoms with van der Waals surface area (Å²) in [7, 11) is 0. The number of hydrogen-bond donors (Lipinski definition) is 1. The first kappa shape index (κ1) is 30.8. The van der Waals surface area contributed by atoms with Gasteiger partial charge in [0.15, 0.2) is 0 Å². The molecule has 4 rings (SSSR count). The van der Waals surface area contributed by atoms with Gasteiger partial charge >= 0.3 is 12.2 Å². The topological polar surface area (TPSA) is 71.1 Å². The van der Waals surface area contributed by atoms with Crippen LogP contribution in [0.4, 0.5) is 18.4 Å². The van der Waals surface area contributed by atoms with Crippen LogP contribution in [0.2, 0.25) is 0 Å². The van der Waals surface area contributed by atoms with Crippen LogP contribution >= 0.6 is 0 Å². The standard InChI is InChI=1S/C32H43F2N3O4/c1-30(2,3)41-29(39)36-17-9-15-32(23-36,16-14-24-12-8-13-27(18-24)31(4,33)34)35-19-26-20-37(21-26)28(38)40-22-25-10-6-5-7-11-25/h5-8,10-13,18,26,35H,9,14-17,19-23H2,1-4H3. The molecule has 2 aliphatic rings. The van der Waals surface area contributed by atoms with Crippen LogP contribution in [0, 0.1) is 5.92 Å². The van der Waals surface area contributed by atoms with Crippen molar-refractivity contribution in [1.82, 2.24) is 15.1 Å². The van der Waals surface area contributed by atoms with Crippen molar-refractivity contribution in [1.29, 1.82) is 0 Å². The highest BCUT2D eigenvalue weighted by atomic mass is 19.3. The number of aryl methyl sites for hydroxylation is 1. The maximum Gasteiger partial charge on any atom is 0.410 e. The number of nitrogens with one attached hydrogen (secondary N) is 1. The van der Waals surface area contributed by atoms with Crippen molar-refractivity contribution in [2.24, 2.45) is 5.92 Å². The molecule has 2 saturated heterocycles. The summed E-state index contributed by atoms with van der Waals surface area (Å²) < 4.78 is 39.0. The Balaban J connectivity index is 1.37. The molecule has 2 fully saturated rings. The Bertz CT molecular complexity index is 1180. The largest absolute Gasteiger partial charge is 0.445 e. The van der Waals surface area contributed by atoms with Gasteiger partial charge < -0.3 is 24.6 Å². The van der Waals surface area contributed by atoms with E-state index in [1.165, 1.54) is 6.07 Å². The minimum Gasteiger partial charge on any atom is -0.445 e. The van der Waals surface area contributed by atoms with Crippen molar-refractivity contribution >= 4 is 12.2 Å². The SMILES string of the molecule is CC(C)(C)OC(=O)N1CCCC(CCc2cccc(C(C)(F)F)c2)(NCC2CN(C(=O)OCc3ccccc3)C2)C1. The summed E-state index contributed by atoms with van der Waals surface area (Å²) >= 11 is 0. The summed E-state index contributed by atoms with van der Waals surface area (Å²) in [5.74, 6) is -2.64. The number of piperidine rings is 1. The van der Waals surface area contributed by atoms with Crippen LogP contribution in [0.3, 0.4) is 0 Å². The Morgan fingerprint density at radius 1 is 0.976 bits per heavy atom. The molecule has 0 aliphatic carbocycles. The predicted octanol–water partition coefficient (Wildman–Crippen LogP) is 6.36. The molecule has 0 bridgehead atoms. The van der Waals surface area contributed by atoms with Crippen LogP contribution < -0.4 is 5.32 Å². The predicted molar refractivity (Wildman–Crippen MR) is 154 cm³/mol. The molecule has 0 aromatic heterocycles. The molecule has 2 amide bonds. The zero-order chi connectivity index (χ0) is 29.7. The van der Waals surface area contributed by atoms with E-state index in [4.69, 9.17) is 9.47 Å². The monoisotopic (exact) mass is 571 g/mol. The molecule has 1 atom stereocenters. The number of nitrogens with zero attached hydrogens (tertiary/aromatic N) is 2. The first-order valence-electron chi connectivity index (χ1n) is 14.5. The minimum absolute atomic E-state index is 0.00439. The van der Waals surface area contributed by atoms with E-state index in [0.717, 1.165) is 30.9 Å². The van der Waals surface area contributed by atoms with Crippen LogP contribution in [0.25, 0.3) is 0 Å². The Labute approximate surface area is 242 Å². The fourth-order valence-electron chi connectivity index (χ4n) is 5.45. The summed E-state index contributed by atoms with van der Waals surface area (Å²) in [5, 5.41) is 3.74. The number of hydrogen-bond acceptors (Lipinski definition) is 5. The normalized spacial score (nSPS) is 20.0. The lowest BCUT2D eigenvalue weighted by Gasteiger charge is -2.46. The van der Waals surface area contributed by atoms with Crippen LogP contribution in [0.1, 0.15) is 63.6 Å². The molecule has 2 aliphatic heterocycles. The van der Waals surface area contributed by atoms with Gasteiger partial charge in [0.2, 0.25) is 0 Å². The number of alkyl halides is 2. The summed E-state index contributed by atoms with van der Waals surface area (Å²) in [5.41, 5.74) is 0.802. The molecule has 2 heterocycles. The second-order valence-electron chi connectivity index (χ2n) is 12.6. The van der Waals surface area contributed by atoms with Crippen molar-refractivity contribution < 1.29 is 27.8 Å². The van der Waals surface area contributed by atoms with E-state index in [1.54, 1.807) is 21.9 Å². The number of rotatable bonds is 9. The second kappa shape index (κ2) is 12.8. The molecule has 9 heteroatoms. The third-order valence-electron chi connectivity index (χ3n) is 7.74. The number of carbonyl (C=O) groups excluding carboxylic acids is 2. The number of benzene rings is 2. The lowest BCUT2D eigenvalue weighted by Crippen LogP contribution is -2.62. The van der Waals surface area contributed by atoms with Crippen LogP contribution in [-0.2, 0) is 28.4 Å². The van der Waals surface area contributed by atoms with Gasteiger partial charge in [-0.1, -0.05) is 48.5 Å². The summed E-state index contributed by atoms with van der Waals surface area (Å²) in [4.78, 5) is 28.9. The number of amides is 2. The molecule has 0 radical (unpaired) electrons. The van der Waals surface area contributed by atoms with Gasteiger partial charge in [-0.15, -0.1) is 0 Å². The van der Waals surface area contributed by atoms with E-state index in [-0.39, 0.29) is 30.3 Å². The number of halogens is 2. The molecular weight excluding hydrogens is 528 g/mol. The number of ether oxygens (including phenoxy) is 2. The molecule has 2 aromatic carbocycles. The zero-order valence-corrected chi connectivity index (χ0v) is 24.6. The van der Waals surface area contributed by atoms with Gasteiger partial charge in [-0.3, -0.25) is 0 Å². The van der Waals surface area contributed by atoms with Gasteiger partial charge in [0.1, 0.15) is 12.2 Å². The first-order valence-corrected chi connectivity index (χ1v) is 14.5. The average Bonchev–Trinajstić information content (AvgIpc) is 2.89. The molecule has 1 N–H and O–H groups in total. The lowest BCUT2D eigenvalue weighted by molar-refractivity contribution is 0.00703. The van der Waals surface area contributed by atoms with Crippen LogP contribution in [0.5, 0.6) is 0 Å². The maximum absolute atomic E-state index is 14.0. The van der Waals surface area contributed by atoms with Crippen LogP contribution in [-0.4, -0.2) is 65.9 Å². The highest BCUT2D eigenvalue weighted by Gasteiger charge is 2.40. The van der Waals surface area contributed by atoms with Crippen molar-refractivity contribution in [3.63, 3.8) is 0 Å².